The van der Waals surface area contributed by atoms with Gasteiger partial charge in [0.1, 0.15) is 0 Å². The zero-order chi connectivity index (χ0) is 19.8. The first-order valence-electron chi connectivity index (χ1n) is 9.47. The van der Waals surface area contributed by atoms with E-state index in [0.29, 0.717) is 31.1 Å². The monoisotopic (exact) mass is 406 g/mol. The zero-order valence-electron chi connectivity index (χ0n) is 17.0. The molecule has 0 saturated heterocycles. The van der Waals surface area contributed by atoms with Gasteiger partial charge in [-0.3, -0.25) is 4.79 Å². The van der Waals surface area contributed by atoms with E-state index >= 15 is 0 Å². The van der Waals surface area contributed by atoms with Crippen LogP contribution in [0.5, 0.6) is 11.5 Å². The lowest BCUT2D eigenvalue weighted by Gasteiger charge is -2.24. The number of carbonyl (C=O) groups is 1. The molecule has 6 heteroatoms. The number of nitrogens with two attached hydrogens (primary N) is 1. The Kier molecular flexibility index (Phi) is 9.66. The van der Waals surface area contributed by atoms with Crippen LogP contribution < -0.4 is 20.5 Å². The summed E-state index contributed by atoms with van der Waals surface area (Å²) in [7, 11) is 0. The Balaban J connectivity index is 0.00000392. The molecule has 0 aliphatic heterocycles. The van der Waals surface area contributed by atoms with Crippen LogP contribution in [0.4, 0.5) is 5.69 Å². The number of ether oxygens (including phenoxy) is 2. The molecule has 3 N–H and O–H groups in total. The number of nitrogen functional groups attached to an aromatic ring is 1. The van der Waals surface area contributed by atoms with E-state index in [1.165, 1.54) is 0 Å². The van der Waals surface area contributed by atoms with E-state index in [9.17, 15) is 4.79 Å². The summed E-state index contributed by atoms with van der Waals surface area (Å²) in [5.41, 5.74) is 8.33. The molecule has 0 saturated carbocycles. The van der Waals surface area contributed by atoms with Crippen molar-refractivity contribution in [3.05, 3.63) is 53.6 Å². The third-order valence-electron chi connectivity index (χ3n) is 4.25. The van der Waals surface area contributed by atoms with Gasteiger partial charge in [-0.05, 0) is 55.2 Å². The van der Waals surface area contributed by atoms with Crippen LogP contribution in [0.3, 0.4) is 0 Å². The van der Waals surface area contributed by atoms with Gasteiger partial charge < -0.3 is 20.5 Å². The predicted molar refractivity (Wildman–Crippen MR) is 116 cm³/mol. The molecule has 0 radical (unpaired) electrons. The van der Waals surface area contributed by atoms with Crippen LogP contribution >= 0.6 is 12.4 Å². The van der Waals surface area contributed by atoms with Crippen molar-refractivity contribution < 1.29 is 14.3 Å². The first-order valence-corrected chi connectivity index (χ1v) is 9.47. The molecule has 5 nitrogen and oxygen atoms in total. The summed E-state index contributed by atoms with van der Waals surface area (Å²) in [5, 5.41) is 3.15. The third-order valence-corrected chi connectivity index (χ3v) is 4.25. The minimum Gasteiger partial charge on any atom is -0.490 e. The second-order valence-electron chi connectivity index (χ2n) is 6.78. The Morgan fingerprint density at radius 2 is 1.61 bits per heavy atom. The lowest BCUT2D eigenvalue weighted by Crippen LogP contribution is -2.32. The molecule has 154 valence electrons. The molecule has 0 heterocycles. The fourth-order valence-corrected chi connectivity index (χ4v) is 2.94. The van der Waals surface area contributed by atoms with Gasteiger partial charge in [-0.2, -0.15) is 0 Å². The van der Waals surface area contributed by atoms with Crippen molar-refractivity contribution in [1.82, 2.24) is 5.32 Å². The summed E-state index contributed by atoms with van der Waals surface area (Å²) in [6.07, 6.45) is 0.318. The van der Waals surface area contributed by atoms with Crippen LogP contribution in [-0.2, 0) is 11.2 Å². The Morgan fingerprint density at radius 3 is 2.18 bits per heavy atom. The van der Waals surface area contributed by atoms with Crippen molar-refractivity contribution in [3.63, 3.8) is 0 Å². The Hall–Kier alpha value is -2.40. The molecule has 2 aromatic carbocycles. The number of anilines is 1. The predicted octanol–water partition coefficient (Wildman–Crippen LogP) is 4.54. The maximum Gasteiger partial charge on any atom is 0.224 e. The maximum atomic E-state index is 12.6. The Labute approximate surface area is 174 Å². The number of amides is 1. The van der Waals surface area contributed by atoms with Crippen LogP contribution in [-0.4, -0.2) is 19.1 Å². The van der Waals surface area contributed by atoms with E-state index in [1.54, 1.807) is 0 Å². The number of halogens is 1. The van der Waals surface area contributed by atoms with Crippen molar-refractivity contribution in [2.24, 2.45) is 5.92 Å². The summed E-state index contributed by atoms with van der Waals surface area (Å²) in [6.45, 7) is 9.19. The highest BCUT2D eigenvalue weighted by atomic mass is 35.5. The zero-order valence-corrected chi connectivity index (χ0v) is 17.8. The molecule has 2 rings (SSSR count). The highest BCUT2D eigenvalue weighted by Gasteiger charge is 2.20. The highest BCUT2D eigenvalue weighted by Crippen LogP contribution is 2.33. The third kappa shape index (κ3) is 6.64. The van der Waals surface area contributed by atoms with E-state index < -0.39 is 0 Å². The molecule has 1 unspecified atom stereocenters. The van der Waals surface area contributed by atoms with Crippen molar-refractivity contribution in [2.45, 2.75) is 40.2 Å². The SMILES string of the molecule is CCOc1ccc(C(NC(=O)Cc2ccc(N)cc2)C(C)C)cc1OCC.Cl. The summed E-state index contributed by atoms with van der Waals surface area (Å²) < 4.78 is 11.4. The van der Waals surface area contributed by atoms with Gasteiger partial charge in [-0.1, -0.05) is 32.0 Å². The molecule has 0 aromatic heterocycles. The largest absolute Gasteiger partial charge is 0.490 e. The van der Waals surface area contributed by atoms with Gasteiger partial charge in [0.05, 0.1) is 25.7 Å². The smallest absolute Gasteiger partial charge is 0.224 e. The standard InChI is InChI=1S/C22H30N2O3.ClH/c1-5-26-19-12-9-17(14-20(19)27-6-2)22(15(3)4)24-21(25)13-16-7-10-18(23)11-8-16;/h7-12,14-15,22H,5-6,13,23H2,1-4H3,(H,24,25);1H. The van der Waals surface area contributed by atoms with Gasteiger partial charge >= 0.3 is 0 Å². The second kappa shape index (κ2) is 11.4. The summed E-state index contributed by atoms with van der Waals surface area (Å²) in [4.78, 5) is 12.6. The first kappa shape index (κ1) is 23.6. The van der Waals surface area contributed by atoms with E-state index in [2.05, 4.69) is 19.2 Å². The van der Waals surface area contributed by atoms with E-state index in [1.807, 2.05) is 56.3 Å². The molecule has 0 bridgehead atoms. The van der Waals surface area contributed by atoms with Gasteiger partial charge in [-0.15, -0.1) is 12.4 Å². The van der Waals surface area contributed by atoms with Crippen molar-refractivity contribution in [1.29, 1.82) is 0 Å². The lowest BCUT2D eigenvalue weighted by molar-refractivity contribution is -0.121. The normalized spacial score (nSPS) is 11.5. The van der Waals surface area contributed by atoms with Gasteiger partial charge in [0, 0.05) is 5.69 Å². The van der Waals surface area contributed by atoms with Crippen molar-refractivity contribution >= 4 is 24.0 Å². The van der Waals surface area contributed by atoms with Crippen LogP contribution in [0.2, 0.25) is 0 Å². The average Bonchev–Trinajstić information content (AvgIpc) is 2.63. The number of rotatable bonds is 9. The van der Waals surface area contributed by atoms with Gasteiger partial charge in [0.25, 0.3) is 0 Å². The molecule has 1 atom stereocenters. The number of benzene rings is 2. The molecular weight excluding hydrogens is 376 g/mol. The van der Waals surface area contributed by atoms with Gasteiger partial charge in [-0.25, -0.2) is 0 Å². The summed E-state index contributed by atoms with van der Waals surface area (Å²) in [5.74, 6) is 1.63. The number of hydrogen-bond donors (Lipinski definition) is 2. The van der Waals surface area contributed by atoms with Crippen molar-refractivity contribution in [2.75, 3.05) is 18.9 Å². The van der Waals surface area contributed by atoms with Crippen LogP contribution in [0.15, 0.2) is 42.5 Å². The maximum absolute atomic E-state index is 12.6. The molecule has 2 aromatic rings. The van der Waals surface area contributed by atoms with Crippen LogP contribution in [0.1, 0.15) is 44.9 Å². The number of carbonyl (C=O) groups excluding carboxylic acids is 1. The lowest BCUT2D eigenvalue weighted by atomic mass is 9.95. The number of nitrogens with one attached hydrogen (secondary N) is 1. The summed E-state index contributed by atoms with van der Waals surface area (Å²) >= 11 is 0. The quantitative estimate of drug-likeness (QED) is 0.599. The Morgan fingerprint density at radius 1 is 1.00 bits per heavy atom. The highest BCUT2D eigenvalue weighted by molar-refractivity contribution is 5.85. The molecule has 0 aliphatic rings. The molecule has 28 heavy (non-hydrogen) atoms. The molecule has 1 amide bonds. The fourth-order valence-electron chi connectivity index (χ4n) is 2.94. The summed E-state index contributed by atoms with van der Waals surface area (Å²) in [6, 6.07) is 13.1. The van der Waals surface area contributed by atoms with Gasteiger partial charge in [0.15, 0.2) is 11.5 Å². The van der Waals surface area contributed by atoms with E-state index in [0.717, 1.165) is 16.9 Å². The minimum atomic E-state index is -0.110. The Bertz CT molecular complexity index is 748. The van der Waals surface area contributed by atoms with E-state index in [4.69, 9.17) is 15.2 Å². The molecule has 0 aliphatic carbocycles. The van der Waals surface area contributed by atoms with E-state index in [-0.39, 0.29) is 30.3 Å². The minimum absolute atomic E-state index is 0. The topological polar surface area (TPSA) is 73.6 Å². The molecule has 0 spiro atoms. The van der Waals surface area contributed by atoms with Crippen LogP contribution in [0, 0.1) is 5.92 Å². The first-order chi connectivity index (χ1) is 12.9. The fraction of sp³-hybridized carbons (Fsp3) is 0.409. The average molecular weight is 407 g/mol. The van der Waals surface area contributed by atoms with Gasteiger partial charge in [0.2, 0.25) is 5.91 Å². The van der Waals surface area contributed by atoms with Crippen LogP contribution in [0.25, 0.3) is 0 Å². The molecule has 0 fully saturated rings. The second-order valence-corrected chi connectivity index (χ2v) is 6.78. The number of hydrogen-bond acceptors (Lipinski definition) is 4. The van der Waals surface area contributed by atoms with Crippen molar-refractivity contribution in [3.8, 4) is 11.5 Å². The molecular formula is C22H31ClN2O3.